The van der Waals surface area contributed by atoms with E-state index in [0.29, 0.717) is 39.0 Å². The van der Waals surface area contributed by atoms with Crippen molar-refractivity contribution in [2.45, 2.75) is 31.5 Å². The Morgan fingerprint density at radius 1 is 1.15 bits per heavy atom. The first kappa shape index (κ1) is 29.1. The van der Waals surface area contributed by atoms with Crippen LogP contribution in [0.4, 0.5) is 30.2 Å². The van der Waals surface area contributed by atoms with Crippen molar-refractivity contribution < 1.29 is 18.0 Å². The predicted octanol–water partition coefficient (Wildman–Crippen LogP) is 7.43. The molecule has 0 aliphatic carbocycles. The first-order valence-electron chi connectivity index (χ1n) is 12.3. The van der Waals surface area contributed by atoms with Crippen molar-refractivity contribution in [3.05, 3.63) is 94.0 Å². The molecule has 0 aromatic heterocycles. The maximum atomic E-state index is 13.8. The molecule has 0 saturated carbocycles. The fraction of sp³-hybridized carbons (Fsp3) is 0.207. The van der Waals surface area contributed by atoms with E-state index in [1.54, 1.807) is 32.2 Å². The van der Waals surface area contributed by atoms with Gasteiger partial charge in [0.1, 0.15) is 0 Å². The van der Waals surface area contributed by atoms with E-state index in [-0.39, 0.29) is 17.3 Å². The summed E-state index contributed by atoms with van der Waals surface area (Å²) in [7, 11) is 1.79. The van der Waals surface area contributed by atoms with Crippen LogP contribution in [-0.4, -0.2) is 29.6 Å². The molecule has 11 heteroatoms. The van der Waals surface area contributed by atoms with Crippen LogP contribution >= 0.6 is 24.4 Å². The smallest absolute Gasteiger partial charge is 0.384 e. The third-order valence-corrected chi connectivity index (χ3v) is 7.85. The second-order valence-corrected chi connectivity index (χ2v) is 10.3. The molecule has 1 fully saturated rings. The van der Waals surface area contributed by atoms with E-state index in [1.165, 1.54) is 23.1 Å². The number of anilines is 2. The van der Waals surface area contributed by atoms with Gasteiger partial charge in [0.2, 0.25) is 0 Å². The largest absolute Gasteiger partial charge is 0.416 e. The number of amides is 1. The lowest BCUT2D eigenvalue weighted by molar-refractivity contribution is -0.138. The number of allylic oxidation sites excluding steroid dienone is 1. The molecule has 0 radical (unpaired) electrons. The average molecular weight is 582 g/mol. The van der Waals surface area contributed by atoms with E-state index in [9.17, 15) is 23.2 Å². The zero-order valence-corrected chi connectivity index (χ0v) is 23.7. The van der Waals surface area contributed by atoms with Crippen molar-refractivity contribution >= 4 is 52.5 Å². The summed E-state index contributed by atoms with van der Waals surface area (Å²) in [5, 5.41) is 12.8. The summed E-state index contributed by atoms with van der Waals surface area (Å²) in [6.07, 6.45) is -4.59. The molecule has 1 N–H and O–H groups in total. The van der Waals surface area contributed by atoms with Crippen molar-refractivity contribution in [2.75, 3.05) is 23.8 Å². The van der Waals surface area contributed by atoms with Gasteiger partial charge in [-0.1, -0.05) is 30.3 Å². The Labute approximate surface area is 240 Å². The molecule has 1 aliphatic heterocycles. The van der Waals surface area contributed by atoms with Gasteiger partial charge < -0.3 is 10.2 Å². The van der Waals surface area contributed by atoms with Gasteiger partial charge in [-0.15, -0.1) is 12.6 Å². The number of carbonyl (C=O) groups excluding carboxylic acids is 1. The minimum atomic E-state index is -4.59. The Morgan fingerprint density at radius 2 is 1.85 bits per heavy atom. The summed E-state index contributed by atoms with van der Waals surface area (Å²) < 4.78 is 41.5. The van der Waals surface area contributed by atoms with Gasteiger partial charge in [0, 0.05) is 24.2 Å². The molecule has 0 atom stereocenters. The number of rotatable bonds is 7. The standard InChI is InChI=1S/C29H26F3N5OS2/c1-4-34-22-14-13-19(16-33)15-23(22)35-28-37(17-20-9-5-6-10-21(20)29(30,31)32)27(38)26(40-28)18(2)36(3)24-11-7-8-12-25(24)39/h5-15,34,39H,4,17H2,1-3H3/b26-18+,35-28?. The van der Waals surface area contributed by atoms with E-state index in [4.69, 9.17) is 4.99 Å². The van der Waals surface area contributed by atoms with Crippen LogP contribution in [0.2, 0.25) is 0 Å². The van der Waals surface area contributed by atoms with Crippen molar-refractivity contribution in [3.8, 4) is 6.07 Å². The normalized spacial score (nSPS) is 15.8. The lowest BCUT2D eigenvalue weighted by atomic mass is 10.1. The molecule has 6 nitrogen and oxygen atoms in total. The van der Waals surface area contributed by atoms with Crippen LogP contribution in [0.5, 0.6) is 0 Å². The molecule has 1 aliphatic rings. The molecule has 4 rings (SSSR count). The van der Waals surface area contributed by atoms with Gasteiger partial charge in [-0.05, 0) is 67.6 Å². The highest BCUT2D eigenvalue weighted by Gasteiger charge is 2.39. The number of aliphatic imine (C=N–C) groups is 1. The molecule has 3 aromatic carbocycles. The van der Waals surface area contributed by atoms with E-state index in [1.807, 2.05) is 36.1 Å². The number of halogens is 3. The number of hydrogen-bond donors (Lipinski definition) is 2. The Bertz CT molecular complexity index is 1550. The third kappa shape index (κ3) is 6.13. The highest BCUT2D eigenvalue weighted by molar-refractivity contribution is 8.18. The quantitative estimate of drug-likeness (QED) is 0.224. The SMILES string of the molecule is CCNc1ccc(C#N)cc1N=C1S/C(=C(\C)N(C)c2ccccc2S)C(=O)N1Cc1ccccc1C(F)(F)F. The molecule has 0 bridgehead atoms. The molecule has 0 spiro atoms. The molecular weight excluding hydrogens is 555 g/mol. The number of alkyl halides is 3. The van der Waals surface area contributed by atoms with Gasteiger partial charge in [0.15, 0.2) is 5.17 Å². The van der Waals surface area contributed by atoms with Gasteiger partial charge in [0.25, 0.3) is 5.91 Å². The first-order valence-corrected chi connectivity index (χ1v) is 13.6. The number of carbonyl (C=O) groups is 1. The van der Waals surface area contributed by atoms with Crippen molar-refractivity contribution in [1.29, 1.82) is 5.26 Å². The highest BCUT2D eigenvalue weighted by atomic mass is 32.2. The molecule has 206 valence electrons. The third-order valence-electron chi connectivity index (χ3n) is 6.30. The summed E-state index contributed by atoms with van der Waals surface area (Å²) >= 11 is 5.60. The van der Waals surface area contributed by atoms with Crippen LogP contribution in [-0.2, 0) is 17.5 Å². The van der Waals surface area contributed by atoms with Crippen LogP contribution in [0.3, 0.4) is 0 Å². The number of nitrogens with one attached hydrogen (secondary N) is 1. The second kappa shape index (κ2) is 12.1. The lowest BCUT2D eigenvalue weighted by Crippen LogP contribution is -2.30. The number of thiol groups is 1. The van der Waals surface area contributed by atoms with Gasteiger partial charge in [0.05, 0.1) is 45.7 Å². The van der Waals surface area contributed by atoms with Crippen LogP contribution in [0.15, 0.2) is 87.2 Å². The average Bonchev–Trinajstić information content (AvgIpc) is 3.23. The predicted molar refractivity (Wildman–Crippen MR) is 157 cm³/mol. The monoisotopic (exact) mass is 581 g/mol. The maximum absolute atomic E-state index is 13.8. The van der Waals surface area contributed by atoms with E-state index >= 15 is 0 Å². The Balaban J connectivity index is 1.85. The minimum absolute atomic E-state index is 0.0534. The molecule has 40 heavy (non-hydrogen) atoms. The number of nitriles is 1. The van der Waals surface area contributed by atoms with Crippen LogP contribution < -0.4 is 10.2 Å². The summed E-state index contributed by atoms with van der Waals surface area (Å²) in [4.78, 5) is 22.6. The lowest BCUT2D eigenvalue weighted by Gasteiger charge is -2.23. The van der Waals surface area contributed by atoms with E-state index < -0.39 is 17.6 Å². The molecule has 1 amide bonds. The molecule has 0 unspecified atom stereocenters. The summed E-state index contributed by atoms with van der Waals surface area (Å²) in [5.41, 5.74) is 1.88. The molecule has 1 heterocycles. The van der Waals surface area contributed by atoms with Crippen LogP contribution in [0.1, 0.15) is 30.5 Å². The Kier molecular flexibility index (Phi) is 8.81. The fourth-order valence-electron chi connectivity index (χ4n) is 4.17. The van der Waals surface area contributed by atoms with Gasteiger partial charge >= 0.3 is 6.18 Å². The highest BCUT2D eigenvalue weighted by Crippen LogP contribution is 2.40. The fourth-order valence-corrected chi connectivity index (χ4v) is 5.55. The topological polar surface area (TPSA) is 71.7 Å². The summed E-state index contributed by atoms with van der Waals surface area (Å²) in [5.74, 6) is -0.469. The molecular formula is C29H26F3N5OS2. The van der Waals surface area contributed by atoms with Gasteiger partial charge in [-0.3, -0.25) is 9.69 Å². The second-order valence-electron chi connectivity index (χ2n) is 8.88. The van der Waals surface area contributed by atoms with E-state index in [0.717, 1.165) is 23.5 Å². The Morgan fingerprint density at radius 3 is 2.52 bits per heavy atom. The number of hydrogen-bond acceptors (Lipinski definition) is 7. The van der Waals surface area contributed by atoms with Gasteiger partial charge in [-0.25, -0.2) is 4.99 Å². The summed E-state index contributed by atoms with van der Waals surface area (Å²) in [6, 6.07) is 19.6. The van der Waals surface area contributed by atoms with Crippen LogP contribution in [0.25, 0.3) is 0 Å². The summed E-state index contributed by atoms with van der Waals surface area (Å²) in [6.45, 7) is 3.92. The Hall–Kier alpha value is -3.88. The number of amidine groups is 1. The van der Waals surface area contributed by atoms with Crippen molar-refractivity contribution in [2.24, 2.45) is 4.99 Å². The minimum Gasteiger partial charge on any atom is -0.384 e. The number of para-hydroxylation sites is 1. The number of benzene rings is 3. The molecule has 1 saturated heterocycles. The van der Waals surface area contributed by atoms with Crippen molar-refractivity contribution in [1.82, 2.24) is 4.90 Å². The number of nitrogens with zero attached hydrogens (tertiary/aromatic N) is 4. The first-order chi connectivity index (χ1) is 19.0. The number of thioether (sulfide) groups is 1. The maximum Gasteiger partial charge on any atom is 0.416 e. The van der Waals surface area contributed by atoms with Gasteiger partial charge in [-0.2, -0.15) is 18.4 Å². The van der Waals surface area contributed by atoms with E-state index in [2.05, 4.69) is 24.0 Å². The zero-order chi connectivity index (χ0) is 29.0. The van der Waals surface area contributed by atoms with Crippen molar-refractivity contribution in [3.63, 3.8) is 0 Å². The van der Waals surface area contributed by atoms with Crippen LogP contribution in [0, 0.1) is 11.3 Å². The zero-order valence-electron chi connectivity index (χ0n) is 22.0. The molecule has 3 aromatic rings.